The minimum absolute atomic E-state index is 0.329. The van der Waals surface area contributed by atoms with Gasteiger partial charge in [-0.25, -0.2) is 9.67 Å². The summed E-state index contributed by atoms with van der Waals surface area (Å²) in [5.41, 5.74) is 0. The number of oxime groups is 1. The molecule has 1 aromatic rings. The monoisotopic (exact) mass is 194 g/mol. The largest absolute Gasteiger partial charge is 0.409 e. The van der Waals surface area contributed by atoms with Gasteiger partial charge < -0.3 is 5.21 Å². The lowest BCUT2D eigenvalue weighted by molar-refractivity contribution is 0.305. The Hall–Kier alpha value is -1.39. The second-order valence-electron chi connectivity index (χ2n) is 3.63. The predicted molar refractivity (Wildman–Crippen MR) is 51.2 cm³/mol. The Bertz CT molecular complexity index is 301. The molecule has 5 nitrogen and oxygen atoms in total. The summed E-state index contributed by atoms with van der Waals surface area (Å²) < 4.78 is 1.55. The standard InChI is InChI=1S/C9H14N4O/c14-12-9(13-7-10-6-11-13)8-4-2-1-3-5-8/h6-8,14H,1-5H2/b12-9-. The highest BCUT2D eigenvalue weighted by atomic mass is 16.4. The zero-order valence-electron chi connectivity index (χ0n) is 8.00. The molecule has 0 aliphatic heterocycles. The third-order valence-electron chi connectivity index (χ3n) is 2.73. The summed E-state index contributed by atoms with van der Waals surface area (Å²) in [6.45, 7) is 0. The number of nitrogens with zero attached hydrogens (tertiary/aromatic N) is 4. The van der Waals surface area contributed by atoms with Crippen molar-refractivity contribution in [3.8, 4) is 0 Å². The summed E-state index contributed by atoms with van der Waals surface area (Å²) in [5, 5.41) is 16.3. The normalized spacial score (nSPS) is 19.9. The molecule has 0 spiro atoms. The Labute approximate surface area is 82.5 Å². The van der Waals surface area contributed by atoms with Gasteiger partial charge in [0.2, 0.25) is 0 Å². The van der Waals surface area contributed by atoms with Gasteiger partial charge in [-0.1, -0.05) is 24.4 Å². The Balaban J connectivity index is 2.13. The number of aromatic nitrogens is 3. The average molecular weight is 194 g/mol. The molecule has 0 aromatic carbocycles. The van der Waals surface area contributed by atoms with Crippen molar-refractivity contribution in [2.45, 2.75) is 32.1 Å². The average Bonchev–Trinajstić information content (AvgIpc) is 2.74. The van der Waals surface area contributed by atoms with Crippen LogP contribution in [-0.4, -0.2) is 25.8 Å². The molecule has 0 unspecified atom stereocenters. The van der Waals surface area contributed by atoms with Crippen molar-refractivity contribution < 1.29 is 5.21 Å². The van der Waals surface area contributed by atoms with E-state index in [0.717, 1.165) is 12.8 Å². The summed E-state index contributed by atoms with van der Waals surface area (Å²) in [7, 11) is 0. The van der Waals surface area contributed by atoms with Crippen molar-refractivity contribution in [1.82, 2.24) is 14.8 Å². The van der Waals surface area contributed by atoms with Crippen molar-refractivity contribution in [3.63, 3.8) is 0 Å². The topological polar surface area (TPSA) is 63.3 Å². The summed E-state index contributed by atoms with van der Waals surface area (Å²) in [6.07, 6.45) is 8.89. The Morgan fingerprint density at radius 2 is 2.14 bits per heavy atom. The molecule has 5 heteroatoms. The molecule has 0 atom stereocenters. The highest BCUT2D eigenvalue weighted by molar-refractivity contribution is 5.85. The van der Waals surface area contributed by atoms with E-state index >= 15 is 0 Å². The number of hydrogen-bond acceptors (Lipinski definition) is 4. The lowest BCUT2D eigenvalue weighted by Gasteiger charge is -2.21. The fraction of sp³-hybridized carbons (Fsp3) is 0.667. The van der Waals surface area contributed by atoms with Crippen molar-refractivity contribution in [2.24, 2.45) is 11.1 Å². The first-order valence-electron chi connectivity index (χ1n) is 4.99. The minimum Gasteiger partial charge on any atom is -0.409 e. The maximum atomic E-state index is 8.95. The summed E-state index contributed by atoms with van der Waals surface area (Å²) >= 11 is 0. The van der Waals surface area contributed by atoms with Gasteiger partial charge in [0.25, 0.3) is 0 Å². The number of rotatable bonds is 1. The van der Waals surface area contributed by atoms with Gasteiger partial charge in [-0.05, 0) is 12.8 Å². The zero-order valence-corrected chi connectivity index (χ0v) is 8.00. The van der Waals surface area contributed by atoms with Gasteiger partial charge >= 0.3 is 0 Å². The van der Waals surface area contributed by atoms with Gasteiger partial charge in [-0.2, -0.15) is 5.10 Å². The molecule has 1 heterocycles. The van der Waals surface area contributed by atoms with E-state index < -0.39 is 0 Å². The molecule has 1 saturated carbocycles. The Morgan fingerprint density at radius 1 is 1.36 bits per heavy atom. The molecule has 0 radical (unpaired) electrons. The summed E-state index contributed by atoms with van der Waals surface area (Å²) in [6, 6.07) is 0. The fourth-order valence-electron chi connectivity index (χ4n) is 2.00. The van der Waals surface area contributed by atoms with Crippen LogP contribution in [0.25, 0.3) is 0 Å². The lowest BCUT2D eigenvalue weighted by atomic mass is 9.88. The molecule has 76 valence electrons. The fourth-order valence-corrected chi connectivity index (χ4v) is 2.00. The predicted octanol–water partition coefficient (Wildman–Crippen LogP) is 1.49. The van der Waals surface area contributed by atoms with Crippen molar-refractivity contribution >= 4 is 5.84 Å². The molecule has 0 saturated heterocycles. The van der Waals surface area contributed by atoms with E-state index in [-0.39, 0.29) is 0 Å². The second-order valence-corrected chi connectivity index (χ2v) is 3.63. The molecular weight excluding hydrogens is 180 g/mol. The van der Waals surface area contributed by atoms with Crippen LogP contribution in [0.5, 0.6) is 0 Å². The Kier molecular flexibility index (Phi) is 2.76. The van der Waals surface area contributed by atoms with Crippen molar-refractivity contribution in [3.05, 3.63) is 12.7 Å². The van der Waals surface area contributed by atoms with Gasteiger partial charge in [0.1, 0.15) is 12.7 Å². The number of hydrogen-bond donors (Lipinski definition) is 1. The van der Waals surface area contributed by atoms with Crippen molar-refractivity contribution in [1.29, 1.82) is 0 Å². The van der Waals surface area contributed by atoms with E-state index in [1.165, 1.54) is 25.6 Å². The molecule has 1 aromatic heterocycles. The molecule has 2 rings (SSSR count). The second kappa shape index (κ2) is 4.21. The van der Waals surface area contributed by atoms with Gasteiger partial charge in [0.15, 0.2) is 5.84 Å². The van der Waals surface area contributed by atoms with E-state index in [4.69, 9.17) is 5.21 Å². The van der Waals surface area contributed by atoms with Crippen LogP contribution in [0, 0.1) is 5.92 Å². The van der Waals surface area contributed by atoms with Gasteiger partial charge in [0.05, 0.1) is 0 Å². The highest BCUT2D eigenvalue weighted by Gasteiger charge is 2.21. The molecule has 1 N–H and O–H groups in total. The van der Waals surface area contributed by atoms with Gasteiger partial charge in [0, 0.05) is 5.92 Å². The minimum atomic E-state index is 0.329. The molecule has 1 aliphatic carbocycles. The van der Waals surface area contributed by atoms with Crippen LogP contribution >= 0.6 is 0 Å². The van der Waals surface area contributed by atoms with Crippen LogP contribution in [0.1, 0.15) is 32.1 Å². The molecule has 14 heavy (non-hydrogen) atoms. The van der Waals surface area contributed by atoms with Crippen LogP contribution in [0.15, 0.2) is 17.8 Å². The van der Waals surface area contributed by atoms with E-state index in [0.29, 0.717) is 11.8 Å². The smallest absolute Gasteiger partial charge is 0.173 e. The molecule has 1 aliphatic rings. The van der Waals surface area contributed by atoms with Crippen LogP contribution in [-0.2, 0) is 0 Å². The van der Waals surface area contributed by atoms with Crippen LogP contribution in [0.2, 0.25) is 0 Å². The van der Waals surface area contributed by atoms with E-state index in [2.05, 4.69) is 15.2 Å². The summed E-state index contributed by atoms with van der Waals surface area (Å²) in [4.78, 5) is 3.85. The van der Waals surface area contributed by atoms with Gasteiger partial charge in [-0.15, -0.1) is 0 Å². The quantitative estimate of drug-likeness (QED) is 0.319. The molecular formula is C9H14N4O. The van der Waals surface area contributed by atoms with Crippen LogP contribution < -0.4 is 0 Å². The SMILES string of the molecule is O/N=C(/C1CCCCC1)n1cncn1. The van der Waals surface area contributed by atoms with E-state index in [9.17, 15) is 0 Å². The first-order chi connectivity index (χ1) is 6.92. The van der Waals surface area contributed by atoms with Crippen LogP contribution in [0.4, 0.5) is 0 Å². The third kappa shape index (κ3) is 1.76. The van der Waals surface area contributed by atoms with Gasteiger partial charge in [-0.3, -0.25) is 0 Å². The molecule has 0 amide bonds. The molecule has 0 bridgehead atoms. The highest BCUT2D eigenvalue weighted by Crippen LogP contribution is 2.25. The first kappa shape index (κ1) is 9.18. The van der Waals surface area contributed by atoms with Crippen LogP contribution in [0.3, 0.4) is 0 Å². The van der Waals surface area contributed by atoms with E-state index in [1.807, 2.05) is 0 Å². The maximum Gasteiger partial charge on any atom is 0.173 e. The Morgan fingerprint density at radius 3 is 2.71 bits per heavy atom. The lowest BCUT2D eigenvalue weighted by Crippen LogP contribution is -2.25. The third-order valence-corrected chi connectivity index (χ3v) is 2.73. The maximum absolute atomic E-state index is 8.95. The van der Waals surface area contributed by atoms with Crippen molar-refractivity contribution in [2.75, 3.05) is 0 Å². The zero-order chi connectivity index (χ0) is 9.80. The molecule has 1 fully saturated rings. The first-order valence-corrected chi connectivity index (χ1v) is 4.99. The van der Waals surface area contributed by atoms with E-state index in [1.54, 1.807) is 11.0 Å². The summed E-state index contributed by atoms with van der Waals surface area (Å²) in [5.74, 6) is 0.956.